The van der Waals surface area contributed by atoms with Gasteiger partial charge in [0.25, 0.3) is 0 Å². The normalized spacial score (nSPS) is 11.0. The Morgan fingerprint density at radius 1 is 0.895 bits per heavy atom. The zero-order chi connectivity index (χ0) is 13.1. The molecule has 0 fully saturated rings. The lowest BCUT2D eigenvalue weighted by atomic mass is 10.1. The van der Waals surface area contributed by atoms with Crippen molar-refractivity contribution < 1.29 is 4.39 Å². The van der Waals surface area contributed by atoms with Crippen molar-refractivity contribution in [3.8, 4) is 0 Å². The van der Waals surface area contributed by atoms with Gasteiger partial charge >= 0.3 is 0 Å². The summed E-state index contributed by atoms with van der Waals surface area (Å²) in [4.78, 5) is 3.19. The second-order valence-corrected chi connectivity index (χ2v) is 4.55. The van der Waals surface area contributed by atoms with Crippen LogP contribution in [0.1, 0.15) is 11.1 Å². The van der Waals surface area contributed by atoms with E-state index in [-0.39, 0.29) is 5.82 Å². The molecule has 2 nitrogen and oxygen atoms in total. The monoisotopic (exact) mass is 254 g/mol. The number of rotatable bonds is 4. The molecule has 0 saturated heterocycles. The average Bonchev–Trinajstić information content (AvgIpc) is 2.90. The first-order valence-corrected chi connectivity index (χ1v) is 6.34. The third-order valence-electron chi connectivity index (χ3n) is 3.27. The van der Waals surface area contributed by atoms with E-state index in [0.717, 1.165) is 12.1 Å². The highest BCUT2D eigenvalue weighted by Gasteiger charge is 2.03. The number of halogens is 1. The highest BCUT2D eigenvalue weighted by Crippen LogP contribution is 2.17. The zero-order valence-corrected chi connectivity index (χ0v) is 10.5. The second-order valence-electron chi connectivity index (χ2n) is 4.55. The summed E-state index contributed by atoms with van der Waals surface area (Å²) in [5.41, 5.74) is 3.05. The molecule has 0 atom stereocenters. The Bertz CT molecular complexity index is 688. The predicted octanol–water partition coefficient (Wildman–Crippen LogP) is 3.60. The van der Waals surface area contributed by atoms with E-state index < -0.39 is 0 Å². The Hall–Kier alpha value is -2.13. The molecule has 1 heterocycles. The van der Waals surface area contributed by atoms with E-state index >= 15 is 0 Å². The molecule has 2 N–H and O–H groups in total. The van der Waals surface area contributed by atoms with Gasteiger partial charge in [-0.05, 0) is 23.8 Å². The number of hydrogen-bond donors (Lipinski definition) is 2. The molecule has 19 heavy (non-hydrogen) atoms. The molecule has 0 bridgehead atoms. The molecule has 1 aromatic heterocycles. The highest BCUT2D eigenvalue weighted by molar-refractivity contribution is 5.82. The number of benzene rings is 2. The minimum absolute atomic E-state index is 0.158. The van der Waals surface area contributed by atoms with Crippen LogP contribution >= 0.6 is 0 Å². The van der Waals surface area contributed by atoms with Crippen LogP contribution in [0.3, 0.4) is 0 Å². The van der Waals surface area contributed by atoms with Crippen molar-refractivity contribution in [1.29, 1.82) is 0 Å². The van der Waals surface area contributed by atoms with Gasteiger partial charge in [0.15, 0.2) is 0 Å². The van der Waals surface area contributed by atoms with E-state index in [1.165, 1.54) is 17.0 Å². The number of hydrogen-bond acceptors (Lipinski definition) is 1. The molecule has 0 aliphatic carbocycles. The summed E-state index contributed by atoms with van der Waals surface area (Å²) in [7, 11) is 0. The van der Waals surface area contributed by atoms with E-state index in [0.29, 0.717) is 12.1 Å². The molecule has 3 rings (SSSR count). The van der Waals surface area contributed by atoms with E-state index in [4.69, 9.17) is 0 Å². The number of nitrogens with one attached hydrogen (secondary N) is 2. The maximum atomic E-state index is 13.5. The van der Waals surface area contributed by atoms with Crippen LogP contribution in [0, 0.1) is 5.82 Å². The standard InChI is InChI=1S/C16H15FN2/c17-15-6-2-1-4-13(15)11-18-10-12-5-3-7-16-14(12)8-9-19-16/h1-9,18-19H,10-11H2. The summed E-state index contributed by atoms with van der Waals surface area (Å²) >= 11 is 0. The Morgan fingerprint density at radius 2 is 1.68 bits per heavy atom. The van der Waals surface area contributed by atoms with Crippen LogP contribution in [0.25, 0.3) is 10.9 Å². The molecule has 0 spiro atoms. The van der Waals surface area contributed by atoms with E-state index in [2.05, 4.69) is 28.5 Å². The minimum atomic E-state index is -0.158. The third kappa shape index (κ3) is 2.51. The summed E-state index contributed by atoms with van der Waals surface area (Å²) in [6, 6.07) is 15.1. The maximum absolute atomic E-state index is 13.5. The first-order valence-electron chi connectivity index (χ1n) is 6.34. The smallest absolute Gasteiger partial charge is 0.127 e. The summed E-state index contributed by atoms with van der Waals surface area (Å²) in [5, 5.41) is 4.50. The number of aromatic nitrogens is 1. The van der Waals surface area contributed by atoms with Crippen LogP contribution < -0.4 is 5.32 Å². The fourth-order valence-electron chi connectivity index (χ4n) is 2.28. The summed E-state index contributed by atoms with van der Waals surface area (Å²) in [6.07, 6.45) is 1.94. The van der Waals surface area contributed by atoms with Gasteiger partial charge in [0.05, 0.1) is 0 Å². The van der Waals surface area contributed by atoms with Crippen molar-refractivity contribution in [3.63, 3.8) is 0 Å². The second kappa shape index (κ2) is 5.24. The molecule has 0 aliphatic rings. The Balaban J connectivity index is 1.70. The Morgan fingerprint density at radius 3 is 2.58 bits per heavy atom. The van der Waals surface area contributed by atoms with Crippen LogP contribution in [0.4, 0.5) is 4.39 Å². The molecular weight excluding hydrogens is 239 g/mol. The van der Waals surface area contributed by atoms with Crippen molar-refractivity contribution in [1.82, 2.24) is 10.3 Å². The fraction of sp³-hybridized carbons (Fsp3) is 0.125. The maximum Gasteiger partial charge on any atom is 0.127 e. The van der Waals surface area contributed by atoms with E-state index in [1.54, 1.807) is 12.1 Å². The lowest BCUT2D eigenvalue weighted by Gasteiger charge is -2.07. The first-order chi connectivity index (χ1) is 9.34. The molecule has 96 valence electrons. The average molecular weight is 254 g/mol. The molecule has 0 aliphatic heterocycles. The molecule has 0 unspecified atom stereocenters. The largest absolute Gasteiger partial charge is 0.361 e. The number of aromatic amines is 1. The van der Waals surface area contributed by atoms with Crippen molar-refractivity contribution in [2.24, 2.45) is 0 Å². The molecular formula is C16H15FN2. The molecule has 2 aromatic carbocycles. The number of H-pyrrole nitrogens is 1. The Labute approximate surface area is 111 Å². The van der Waals surface area contributed by atoms with Crippen LogP contribution in [0.2, 0.25) is 0 Å². The zero-order valence-electron chi connectivity index (χ0n) is 10.5. The van der Waals surface area contributed by atoms with Crippen LogP contribution in [0.15, 0.2) is 54.7 Å². The molecule has 0 saturated carbocycles. The summed E-state index contributed by atoms with van der Waals surface area (Å²) in [6.45, 7) is 1.26. The molecule has 3 heteroatoms. The summed E-state index contributed by atoms with van der Waals surface area (Å²) < 4.78 is 13.5. The van der Waals surface area contributed by atoms with Crippen molar-refractivity contribution in [2.45, 2.75) is 13.1 Å². The molecule has 3 aromatic rings. The van der Waals surface area contributed by atoms with Crippen molar-refractivity contribution >= 4 is 10.9 Å². The van der Waals surface area contributed by atoms with Crippen LogP contribution in [-0.4, -0.2) is 4.98 Å². The van der Waals surface area contributed by atoms with Gasteiger partial charge in [0, 0.05) is 35.8 Å². The van der Waals surface area contributed by atoms with Crippen LogP contribution in [-0.2, 0) is 13.1 Å². The Kier molecular flexibility index (Phi) is 3.29. The van der Waals surface area contributed by atoms with Gasteiger partial charge in [-0.25, -0.2) is 4.39 Å². The van der Waals surface area contributed by atoms with E-state index in [1.807, 2.05) is 18.3 Å². The summed E-state index contributed by atoms with van der Waals surface area (Å²) in [5.74, 6) is -0.158. The van der Waals surface area contributed by atoms with Gasteiger partial charge in [0.1, 0.15) is 5.82 Å². The van der Waals surface area contributed by atoms with Crippen LogP contribution in [0.5, 0.6) is 0 Å². The highest BCUT2D eigenvalue weighted by atomic mass is 19.1. The van der Waals surface area contributed by atoms with Gasteiger partial charge in [-0.1, -0.05) is 30.3 Å². The third-order valence-corrected chi connectivity index (χ3v) is 3.27. The molecule has 0 amide bonds. The van der Waals surface area contributed by atoms with Gasteiger partial charge < -0.3 is 10.3 Å². The first kappa shape index (κ1) is 11.9. The topological polar surface area (TPSA) is 27.8 Å². The van der Waals surface area contributed by atoms with Gasteiger partial charge in [-0.3, -0.25) is 0 Å². The quantitative estimate of drug-likeness (QED) is 0.731. The van der Waals surface area contributed by atoms with E-state index in [9.17, 15) is 4.39 Å². The van der Waals surface area contributed by atoms with Crippen molar-refractivity contribution in [2.75, 3.05) is 0 Å². The number of fused-ring (bicyclic) bond motifs is 1. The minimum Gasteiger partial charge on any atom is -0.361 e. The SMILES string of the molecule is Fc1ccccc1CNCc1cccc2[nH]ccc12. The van der Waals surface area contributed by atoms with Gasteiger partial charge in [-0.15, -0.1) is 0 Å². The molecule has 0 radical (unpaired) electrons. The van der Waals surface area contributed by atoms with Gasteiger partial charge in [0.2, 0.25) is 0 Å². The predicted molar refractivity (Wildman–Crippen MR) is 75.2 cm³/mol. The van der Waals surface area contributed by atoms with Crippen molar-refractivity contribution in [3.05, 3.63) is 71.7 Å². The lowest BCUT2D eigenvalue weighted by molar-refractivity contribution is 0.588. The fourth-order valence-corrected chi connectivity index (χ4v) is 2.28. The van der Waals surface area contributed by atoms with Gasteiger partial charge in [-0.2, -0.15) is 0 Å². The lowest BCUT2D eigenvalue weighted by Crippen LogP contribution is -2.13.